The van der Waals surface area contributed by atoms with Gasteiger partial charge in [-0.05, 0) is 67.9 Å². The van der Waals surface area contributed by atoms with Crippen molar-refractivity contribution in [3.63, 3.8) is 0 Å². The molecule has 0 unspecified atom stereocenters. The number of hydrogen-bond donors (Lipinski definition) is 0. The Morgan fingerprint density at radius 3 is 2.28 bits per heavy atom. The second-order valence-electron chi connectivity index (χ2n) is 6.33. The van der Waals surface area contributed by atoms with E-state index in [0.29, 0.717) is 17.0 Å². The largest absolute Gasteiger partial charge is 0.423 e. The van der Waals surface area contributed by atoms with E-state index in [9.17, 15) is 13.2 Å². The number of esters is 1. The molecule has 0 aliphatic rings. The Labute approximate surface area is 179 Å². The Hall–Kier alpha value is -2.64. The van der Waals surface area contributed by atoms with Gasteiger partial charge in [0.05, 0.1) is 16.1 Å². The van der Waals surface area contributed by atoms with Gasteiger partial charge in [0.1, 0.15) is 5.75 Å². The summed E-state index contributed by atoms with van der Waals surface area (Å²) in [4.78, 5) is 12.6. The number of nitrogens with zero attached hydrogens (tertiary/aromatic N) is 1. The minimum Gasteiger partial charge on any atom is -0.423 e. The van der Waals surface area contributed by atoms with Crippen LogP contribution in [-0.4, -0.2) is 20.9 Å². The standard InChI is InChI=1S/C22H20BrNO4S/c1-3-24(19-7-5-4-6-8-19)29(26,27)21-15-17(10-9-16(21)2)22(25)28-20-13-11-18(23)12-14-20/h4-15H,3H2,1-2H3. The van der Waals surface area contributed by atoms with Gasteiger partial charge in [-0.1, -0.05) is 40.2 Å². The van der Waals surface area contributed by atoms with Crippen molar-refractivity contribution in [1.82, 2.24) is 0 Å². The van der Waals surface area contributed by atoms with Crippen molar-refractivity contribution in [3.05, 3.63) is 88.4 Å². The van der Waals surface area contributed by atoms with Crippen LogP contribution >= 0.6 is 15.9 Å². The Bertz CT molecular complexity index is 1110. The van der Waals surface area contributed by atoms with Crippen LogP contribution < -0.4 is 9.04 Å². The van der Waals surface area contributed by atoms with E-state index < -0.39 is 16.0 Å². The molecule has 0 aliphatic carbocycles. The molecule has 0 aromatic heterocycles. The van der Waals surface area contributed by atoms with Gasteiger partial charge in [0.25, 0.3) is 10.0 Å². The first-order valence-corrected chi connectivity index (χ1v) is 11.2. The van der Waals surface area contributed by atoms with Gasteiger partial charge >= 0.3 is 5.97 Å². The summed E-state index contributed by atoms with van der Waals surface area (Å²) in [6, 6.07) is 20.2. The molecule has 3 rings (SSSR count). The van der Waals surface area contributed by atoms with Crippen molar-refractivity contribution < 1.29 is 17.9 Å². The number of hydrogen-bond acceptors (Lipinski definition) is 4. The molecule has 0 heterocycles. The topological polar surface area (TPSA) is 63.7 Å². The second-order valence-corrected chi connectivity index (χ2v) is 9.08. The minimum absolute atomic E-state index is 0.0773. The number of carbonyl (C=O) groups excluding carboxylic acids is 1. The molecule has 0 amide bonds. The fraction of sp³-hybridized carbons (Fsp3) is 0.136. The number of benzene rings is 3. The van der Waals surface area contributed by atoms with Crippen molar-refractivity contribution in [3.8, 4) is 5.75 Å². The molecule has 3 aromatic carbocycles. The lowest BCUT2D eigenvalue weighted by atomic mass is 10.1. The van der Waals surface area contributed by atoms with Crippen LogP contribution in [0, 0.1) is 6.92 Å². The van der Waals surface area contributed by atoms with Crippen LogP contribution in [0.3, 0.4) is 0 Å². The van der Waals surface area contributed by atoms with Crippen LogP contribution in [0.5, 0.6) is 5.75 Å². The minimum atomic E-state index is -3.85. The van der Waals surface area contributed by atoms with Gasteiger partial charge in [0.2, 0.25) is 0 Å². The number of aryl methyl sites for hydroxylation is 1. The molecule has 0 aliphatic heterocycles. The zero-order chi connectivity index (χ0) is 21.0. The van der Waals surface area contributed by atoms with E-state index in [-0.39, 0.29) is 17.0 Å². The molecule has 0 bridgehead atoms. The SMILES string of the molecule is CCN(c1ccccc1)S(=O)(=O)c1cc(C(=O)Oc2ccc(Br)cc2)ccc1C. The molecule has 150 valence electrons. The molecule has 7 heteroatoms. The molecule has 0 saturated carbocycles. The number of ether oxygens (including phenoxy) is 1. The van der Waals surface area contributed by atoms with Gasteiger partial charge in [-0.15, -0.1) is 0 Å². The third-order valence-corrected chi connectivity index (χ3v) is 6.92. The number of carbonyl (C=O) groups is 1. The molecule has 5 nitrogen and oxygen atoms in total. The lowest BCUT2D eigenvalue weighted by Crippen LogP contribution is -2.31. The molecule has 0 saturated heterocycles. The smallest absolute Gasteiger partial charge is 0.343 e. The lowest BCUT2D eigenvalue weighted by Gasteiger charge is -2.24. The van der Waals surface area contributed by atoms with Crippen LogP contribution in [0.1, 0.15) is 22.8 Å². The maximum atomic E-state index is 13.3. The van der Waals surface area contributed by atoms with Crippen LogP contribution in [0.4, 0.5) is 5.69 Å². The van der Waals surface area contributed by atoms with Gasteiger partial charge < -0.3 is 4.74 Å². The summed E-state index contributed by atoms with van der Waals surface area (Å²) in [5.41, 5.74) is 1.29. The molecular formula is C22H20BrNO4S. The summed E-state index contributed by atoms with van der Waals surface area (Å²) in [5, 5.41) is 0. The molecule has 0 fully saturated rings. The molecule has 0 atom stereocenters. The molecular weight excluding hydrogens is 454 g/mol. The van der Waals surface area contributed by atoms with E-state index in [1.54, 1.807) is 74.5 Å². The number of anilines is 1. The first kappa shape index (κ1) is 21.1. The molecule has 29 heavy (non-hydrogen) atoms. The number of halogens is 1. The monoisotopic (exact) mass is 473 g/mol. The zero-order valence-electron chi connectivity index (χ0n) is 16.0. The highest BCUT2D eigenvalue weighted by Gasteiger charge is 2.26. The molecule has 0 spiro atoms. The Morgan fingerprint density at radius 2 is 1.66 bits per heavy atom. The van der Waals surface area contributed by atoms with Crippen LogP contribution in [0.2, 0.25) is 0 Å². The van der Waals surface area contributed by atoms with Crippen molar-refractivity contribution >= 4 is 37.6 Å². The Kier molecular flexibility index (Phi) is 6.39. The molecule has 3 aromatic rings. The number of sulfonamides is 1. The first-order chi connectivity index (χ1) is 13.8. The van der Waals surface area contributed by atoms with Gasteiger partial charge in [-0.25, -0.2) is 13.2 Å². The highest BCUT2D eigenvalue weighted by molar-refractivity contribution is 9.10. The summed E-state index contributed by atoms with van der Waals surface area (Å²) in [6.45, 7) is 3.74. The average molecular weight is 474 g/mol. The highest BCUT2D eigenvalue weighted by atomic mass is 79.9. The van der Waals surface area contributed by atoms with Gasteiger partial charge in [-0.3, -0.25) is 4.31 Å². The van der Waals surface area contributed by atoms with Crippen molar-refractivity contribution in [2.24, 2.45) is 0 Å². The normalized spacial score (nSPS) is 11.1. The third kappa shape index (κ3) is 4.68. The van der Waals surface area contributed by atoms with Crippen molar-refractivity contribution in [2.75, 3.05) is 10.8 Å². The maximum absolute atomic E-state index is 13.3. The average Bonchev–Trinajstić information content (AvgIpc) is 2.71. The third-order valence-electron chi connectivity index (χ3n) is 4.35. The van der Waals surface area contributed by atoms with E-state index in [1.165, 1.54) is 10.4 Å². The molecule has 0 radical (unpaired) electrons. The van der Waals surface area contributed by atoms with Crippen molar-refractivity contribution in [2.45, 2.75) is 18.7 Å². The van der Waals surface area contributed by atoms with E-state index in [4.69, 9.17) is 4.74 Å². The van der Waals surface area contributed by atoms with E-state index in [1.807, 2.05) is 6.07 Å². The van der Waals surface area contributed by atoms with Gasteiger partial charge in [0, 0.05) is 11.0 Å². The number of rotatable bonds is 6. The Balaban J connectivity index is 1.95. The maximum Gasteiger partial charge on any atom is 0.343 e. The molecule has 0 N–H and O–H groups in total. The Morgan fingerprint density at radius 1 is 1.00 bits per heavy atom. The fourth-order valence-corrected chi connectivity index (χ4v) is 4.87. The van der Waals surface area contributed by atoms with Crippen LogP contribution in [0.25, 0.3) is 0 Å². The summed E-state index contributed by atoms with van der Waals surface area (Å²) < 4.78 is 34.2. The zero-order valence-corrected chi connectivity index (χ0v) is 18.4. The van der Waals surface area contributed by atoms with Crippen LogP contribution in [0.15, 0.2) is 82.2 Å². The second kappa shape index (κ2) is 8.80. The summed E-state index contributed by atoms with van der Waals surface area (Å²) in [7, 11) is -3.85. The number of para-hydroxylation sites is 1. The fourth-order valence-electron chi connectivity index (χ4n) is 2.88. The van der Waals surface area contributed by atoms with Gasteiger partial charge in [-0.2, -0.15) is 0 Å². The van der Waals surface area contributed by atoms with E-state index >= 15 is 0 Å². The summed E-state index contributed by atoms with van der Waals surface area (Å²) in [5.74, 6) is -0.241. The van der Waals surface area contributed by atoms with E-state index in [2.05, 4.69) is 15.9 Å². The van der Waals surface area contributed by atoms with Crippen LogP contribution in [-0.2, 0) is 10.0 Å². The highest BCUT2D eigenvalue weighted by Crippen LogP contribution is 2.27. The summed E-state index contributed by atoms with van der Waals surface area (Å²) >= 11 is 3.32. The van der Waals surface area contributed by atoms with E-state index in [0.717, 1.165) is 4.47 Å². The van der Waals surface area contributed by atoms with Crippen molar-refractivity contribution in [1.29, 1.82) is 0 Å². The summed E-state index contributed by atoms with van der Waals surface area (Å²) in [6.07, 6.45) is 0. The predicted octanol–water partition coefficient (Wildman–Crippen LogP) is 5.19. The predicted molar refractivity (Wildman–Crippen MR) is 117 cm³/mol. The lowest BCUT2D eigenvalue weighted by molar-refractivity contribution is 0.0734. The first-order valence-electron chi connectivity index (χ1n) is 8.99. The van der Waals surface area contributed by atoms with Gasteiger partial charge in [0.15, 0.2) is 0 Å². The quantitative estimate of drug-likeness (QED) is 0.364.